The monoisotopic (exact) mass is 602 g/mol. The molecule has 1 fully saturated rings. The van der Waals surface area contributed by atoms with Crippen LogP contribution in [0.3, 0.4) is 0 Å². The number of hydrogen-bond donors (Lipinski definition) is 2. The molecule has 2 aromatic carbocycles. The standard InChI is InChI=1S/C31H42N2O8S/c1-19-10-16-22(17-11-19)42(37,38)33-32-23-18-31(8,36)26(28(35)41-30(5,6)7)24(20-12-14-21(39-9)15-13-20)25(23)27(34)40-29(2,3)4/h10-17,24-26,33,36H,18H2,1-9H3/b32-23-/t24-,25-,26-,31+/m1/s1. The van der Waals surface area contributed by atoms with Crippen molar-refractivity contribution in [1.29, 1.82) is 0 Å². The van der Waals surface area contributed by atoms with Gasteiger partial charge in [-0.05, 0) is 85.2 Å². The number of nitrogens with one attached hydrogen (secondary N) is 1. The Morgan fingerprint density at radius 1 is 0.929 bits per heavy atom. The Bertz CT molecular complexity index is 1420. The predicted octanol–water partition coefficient (Wildman–Crippen LogP) is 4.49. The molecule has 1 aliphatic rings. The fraction of sp³-hybridized carbons (Fsp3) is 0.516. The van der Waals surface area contributed by atoms with Gasteiger partial charge in [0.05, 0.1) is 29.2 Å². The topological polar surface area (TPSA) is 141 Å². The van der Waals surface area contributed by atoms with E-state index in [4.69, 9.17) is 14.2 Å². The molecule has 11 heteroatoms. The third-order valence-electron chi connectivity index (χ3n) is 6.75. The average Bonchev–Trinajstić information content (AvgIpc) is 2.84. The Kier molecular flexibility index (Phi) is 9.48. The fourth-order valence-electron chi connectivity index (χ4n) is 5.00. The van der Waals surface area contributed by atoms with Gasteiger partial charge < -0.3 is 19.3 Å². The maximum absolute atomic E-state index is 13.9. The first kappa shape index (κ1) is 33.1. The van der Waals surface area contributed by atoms with Crippen LogP contribution >= 0.6 is 0 Å². The third-order valence-corrected chi connectivity index (χ3v) is 7.97. The summed E-state index contributed by atoms with van der Waals surface area (Å²) in [6.07, 6.45) is -0.302. The van der Waals surface area contributed by atoms with Crippen LogP contribution in [0, 0.1) is 18.8 Å². The van der Waals surface area contributed by atoms with E-state index in [1.54, 1.807) is 77.9 Å². The Balaban J connectivity index is 2.22. The molecule has 2 N–H and O–H groups in total. The van der Waals surface area contributed by atoms with Crippen LogP contribution in [0.1, 0.15) is 71.9 Å². The fourth-order valence-corrected chi connectivity index (χ4v) is 5.83. The Hall–Kier alpha value is -3.44. The van der Waals surface area contributed by atoms with E-state index in [1.165, 1.54) is 26.2 Å². The van der Waals surface area contributed by atoms with E-state index in [9.17, 15) is 23.1 Å². The van der Waals surface area contributed by atoms with Crippen molar-refractivity contribution < 1.29 is 37.3 Å². The van der Waals surface area contributed by atoms with Crippen molar-refractivity contribution in [3.8, 4) is 5.75 Å². The molecule has 2 aromatic rings. The van der Waals surface area contributed by atoms with Gasteiger partial charge >= 0.3 is 11.9 Å². The van der Waals surface area contributed by atoms with Crippen molar-refractivity contribution in [3.63, 3.8) is 0 Å². The number of aryl methyl sites for hydroxylation is 1. The zero-order valence-electron chi connectivity index (χ0n) is 25.7. The number of rotatable bonds is 7. The molecule has 4 atom stereocenters. The van der Waals surface area contributed by atoms with E-state index in [2.05, 4.69) is 9.93 Å². The quantitative estimate of drug-likeness (QED) is 0.349. The minimum absolute atomic E-state index is 0.0190. The van der Waals surface area contributed by atoms with Crippen molar-refractivity contribution in [2.45, 2.75) is 89.4 Å². The van der Waals surface area contributed by atoms with E-state index >= 15 is 0 Å². The summed E-state index contributed by atoms with van der Waals surface area (Å²) < 4.78 is 43.0. The summed E-state index contributed by atoms with van der Waals surface area (Å²) in [4.78, 5) is 29.8. The minimum atomic E-state index is -4.12. The number of esters is 2. The van der Waals surface area contributed by atoms with Crippen LogP contribution in [0.15, 0.2) is 58.5 Å². The lowest BCUT2D eigenvalue weighted by Gasteiger charge is -2.46. The highest BCUT2D eigenvalue weighted by Gasteiger charge is 2.57. The molecular formula is C31H42N2O8S. The number of sulfonamides is 1. The molecule has 3 rings (SSSR count). The van der Waals surface area contributed by atoms with E-state index < -0.39 is 56.5 Å². The highest BCUT2D eigenvalue weighted by Crippen LogP contribution is 2.48. The minimum Gasteiger partial charge on any atom is -0.497 e. The molecule has 1 saturated carbocycles. The van der Waals surface area contributed by atoms with Gasteiger partial charge in [0.2, 0.25) is 0 Å². The van der Waals surface area contributed by atoms with Crippen molar-refractivity contribution in [2.75, 3.05) is 7.11 Å². The number of carbonyl (C=O) groups excluding carboxylic acids is 2. The van der Waals surface area contributed by atoms with Gasteiger partial charge in [0, 0.05) is 12.3 Å². The second-order valence-electron chi connectivity index (χ2n) is 12.9. The normalized spacial score (nSPS) is 24.1. The van der Waals surface area contributed by atoms with Gasteiger partial charge in [-0.15, -0.1) is 0 Å². The lowest BCUT2D eigenvalue weighted by molar-refractivity contribution is -0.175. The molecule has 0 spiro atoms. The van der Waals surface area contributed by atoms with Gasteiger partial charge in [0.25, 0.3) is 10.0 Å². The number of methoxy groups -OCH3 is 1. The summed E-state index contributed by atoms with van der Waals surface area (Å²) in [7, 11) is -2.61. The molecular weight excluding hydrogens is 560 g/mol. The average molecular weight is 603 g/mol. The molecule has 0 aromatic heterocycles. The van der Waals surface area contributed by atoms with Crippen molar-refractivity contribution >= 4 is 27.7 Å². The Morgan fingerprint density at radius 3 is 1.95 bits per heavy atom. The zero-order valence-corrected chi connectivity index (χ0v) is 26.5. The highest BCUT2D eigenvalue weighted by atomic mass is 32.2. The lowest BCUT2D eigenvalue weighted by Crippen LogP contribution is -2.56. The third kappa shape index (κ3) is 8.10. The van der Waals surface area contributed by atoms with Gasteiger partial charge in [0.1, 0.15) is 22.9 Å². The second kappa shape index (κ2) is 12.0. The number of ether oxygens (including phenoxy) is 3. The van der Waals surface area contributed by atoms with Gasteiger partial charge in [-0.2, -0.15) is 13.5 Å². The molecule has 10 nitrogen and oxygen atoms in total. The zero-order chi connectivity index (χ0) is 31.7. The Labute approximate surface area is 248 Å². The van der Waals surface area contributed by atoms with Gasteiger partial charge in [-0.1, -0.05) is 29.8 Å². The summed E-state index contributed by atoms with van der Waals surface area (Å²) in [5.74, 6) is -4.37. The number of hydrogen-bond acceptors (Lipinski definition) is 9. The molecule has 0 radical (unpaired) electrons. The van der Waals surface area contributed by atoms with Crippen LogP contribution in [0.25, 0.3) is 0 Å². The van der Waals surface area contributed by atoms with E-state index in [-0.39, 0.29) is 17.0 Å². The smallest absolute Gasteiger partial charge is 0.315 e. The summed E-state index contributed by atoms with van der Waals surface area (Å²) in [5.41, 5.74) is -2.15. The predicted molar refractivity (Wildman–Crippen MR) is 159 cm³/mol. The first-order valence-electron chi connectivity index (χ1n) is 13.7. The Morgan fingerprint density at radius 2 is 1.45 bits per heavy atom. The van der Waals surface area contributed by atoms with Crippen LogP contribution in [0.4, 0.5) is 0 Å². The number of nitrogens with zero attached hydrogens (tertiary/aromatic N) is 1. The maximum atomic E-state index is 13.9. The van der Waals surface area contributed by atoms with Crippen molar-refractivity contribution in [3.05, 3.63) is 59.7 Å². The molecule has 0 aliphatic heterocycles. The molecule has 0 bridgehead atoms. The summed E-state index contributed by atoms with van der Waals surface area (Å²) in [5, 5.41) is 16.0. The van der Waals surface area contributed by atoms with Crippen molar-refractivity contribution in [2.24, 2.45) is 16.9 Å². The SMILES string of the molecule is COc1ccc([C@@H]2[C@H](C(=O)OC(C)(C)C)/C(=N\NS(=O)(=O)c3ccc(C)cc3)C[C@](C)(O)[C@H]2C(=O)OC(C)(C)C)cc1. The van der Waals surface area contributed by atoms with Crippen molar-refractivity contribution in [1.82, 2.24) is 4.83 Å². The van der Waals surface area contributed by atoms with Crippen LogP contribution in [-0.4, -0.2) is 55.1 Å². The van der Waals surface area contributed by atoms with E-state index in [1.807, 2.05) is 6.92 Å². The number of aliphatic hydroxyl groups is 1. The maximum Gasteiger partial charge on any atom is 0.315 e. The number of hydrazone groups is 1. The van der Waals surface area contributed by atoms with Crippen LogP contribution < -0.4 is 9.57 Å². The molecule has 0 unspecified atom stereocenters. The second-order valence-corrected chi connectivity index (χ2v) is 14.5. The first-order valence-corrected chi connectivity index (χ1v) is 15.2. The van der Waals surface area contributed by atoms with Gasteiger partial charge in [-0.25, -0.2) is 4.83 Å². The van der Waals surface area contributed by atoms with E-state index in [0.717, 1.165) is 5.56 Å². The molecule has 42 heavy (non-hydrogen) atoms. The summed E-state index contributed by atoms with van der Waals surface area (Å²) in [6.45, 7) is 13.5. The van der Waals surface area contributed by atoms with Gasteiger partial charge in [-0.3, -0.25) is 9.59 Å². The lowest BCUT2D eigenvalue weighted by atomic mass is 9.61. The molecule has 230 valence electrons. The highest BCUT2D eigenvalue weighted by molar-refractivity contribution is 7.89. The molecule has 0 heterocycles. The van der Waals surface area contributed by atoms with Crippen LogP contribution in [0.5, 0.6) is 5.75 Å². The summed E-state index contributed by atoms with van der Waals surface area (Å²) >= 11 is 0. The number of benzene rings is 2. The molecule has 0 saturated heterocycles. The number of carbonyl (C=O) groups is 2. The molecule has 0 amide bonds. The largest absolute Gasteiger partial charge is 0.497 e. The van der Waals surface area contributed by atoms with Crippen LogP contribution in [-0.2, 0) is 29.1 Å². The van der Waals surface area contributed by atoms with Crippen LogP contribution in [0.2, 0.25) is 0 Å². The summed E-state index contributed by atoms with van der Waals surface area (Å²) in [6, 6.07) is 12.9. The first-order chi connectivity index (χ1) is 19.2. The van der Waals surface area contributed by atoms with E-state index in [0.29, 0.717) is 11.3 Å². The molecule has 1 aliphatic carbocycles. The van der Waals surface area contributed by atoms with Gasteiger partial charge in [0.15, 0.2) is 0 Å².